The van der Waals surface area contributed by atoms with Crippen LogP contribution in [0.4, 0.5) is 0 Å². The molecule has 0 spiro atoms. The van der Waals surface area contributed by atoms with Crippen molar-refractivity contribution in [3.63, 3.8) is 0 Å². The Hall–Kier alpha value is 3.05. The molecule has 0 aromatic carbocycles. The normalized spacial score (nSPS) is 0. The Balaban J connectivity index is 0. The summed E-state index contributed by atoms with van der Waals surface area (Å²) in [6.07, 6.45) is 0. The minimum atomic E-state index is 0. The van der Waals surface area contributed by atoms with Crippen LogP contribution in [-0.2, 0) is 67.7 Å². The molecule has 0 aromatic rings. The molecule has 0 rings (SSSR count). The van der Waals surface area contributed by atoms with Gasteiger partial charge in [0.15, 0.2) is 0 Å². The molecule has 0 saturated heterocycles. The van der Waals surface area contributed by atoms with Crippen molar-refractivity contribution < 1.29 is 67.7 Å². The van der Waals surface area contributed by atoms with E-state index in [9.17, 15) is 0 Å². The maximum absolute atomic E-state index is 0. The van der Waals surface area contributed by atoms with Crippen molar-refractivity contribution in [3.8, 4) is 0 Å². The molecular weight excluding hydrogens is 256 g/mol. The van der Waals surface area contributed by atoms with Crippen LogP contribution in [0.25, 0.3) is 0 Å². The molecule has 2 radical (unpaired) electrons. The van der Waals surface area contributed by atoms with Gasteiger partial charge >= 0.3 is 29.6 Å². The van der Waals surface area contributed by atoms with Crippen LogP contribution in [0.15, 0.2) is 0 Å². The van der Waals surface area contributed by atoms with E-state index < -0.39 is 0 Å². The zero-order valence-corrected chi connectivity index (χ0v) is 5.56. The Morgan fingerprint density at radius 2 is 1.00 bits per heavy atom. The van der Waals surface area contributed by atoms with Crippen LogP contribution in [0.5, 0.6) is 0 Å². The van der Waals surface area contributed by atoms with Crippen LogP contribution in [0.2, 0.25) is 0 Å². The van der Waals surface area contributed by atoms with E-state index in [0.717, 1.165) is 0 Å². The molecule has 38 valence electrons. The van der Waals surface area contributed by atoms with E-state index in [2.05, 4.69) is 0 Å². The predicted octanol–water partition coefficient (Wildman–Crippen LogP) is -0.659. The fourth-order valence-electron chi connectivity index (χ4n) is 0. The summed E-state index contributed by atoms with van der Waals surface area (Å²) in [6.45, 7) is 0. The summed E-state index contributed by atoms with van der Waals surface area (Å²) < 4.78 is 0. The average Bonchev–Trinajstić information content (AvgIpc) is 0. The van der Waals surface area contributed by atoms with Gasteiger partial charge in [0.1, 0.15) is 0 Å². The van der Waals surface area contributed by atoms with E-state index in [1.165, 1.54) is 0 Å². The van der Waals surface area contributed by atoms with Crippen molar-refractivity contribution in [1.82, 2.24) is 0 Å². The van der Waals surface area contributed by atoms with Gasteiger partial charge in [-0.2, -0.15) is 0 Å². The Morgan fingerprint density at radius 1 is 1.00 bits per heavy atom. The quantitative estimate of drug-likeness (QED) is 0.505. The zero-order valence-electron chi connectivity index (χ0n) is 1.35. The molecule has 0 aliphatic heterocycles. The summed E-state index contributed by atoms with van der Waals surface area (Å²) in [5, 5.41) is 0. The maximum atomic E-state index is 0. The molecule has 0 amide bonds. The van der Waals surface area contributed by atoms with E-state index in [1.807, 2.05) is 0 Å². The van der Waals surface area contributed by atoms with Crippen LogP contribution >= 0.6 is 0 Å². The van der Waals surface area contributed by atoms with E-state index in [0.29, 0.717) is 0 Å². The molecule has 5 heteroatoms. The van der Waals surface area contributed by atoms with Crippen molar-refractivity contribution in [2.45, 2.75) is 0 Å². The van der Waals surface area contributed by atoms with Gasteiger partial charge in [-0.1, -0.05) is 0 Å². The van der Waals surface area contributed by atoms with Gasteiger partial charge in [0.05, 0.1) is 0 Å². The zero-order chi connectivity index (χ0) is 0. The van der Waals surface area contributed by atoms with Gasteiger partial charge in [-0.3, -0.25) is 0 Å². The predicted molar refractivity (Wildman–Crippen MR) is 7.15 cm³/mol. The third kappa shape index (κ3) is 19.3. The molecule has 0 heterocycles. The second-order valence-corrected chi connectivity index (χ2v) is 0. The molecule has 0 atom stereocenters. The van der Waals surface area contributed by atoms with Gasteiger partial charge in [0, 0.05) is 67.7 Å². The fourth-order valence-corrected chi connectivity index (χ4v) is 0. The smallest absolute Gasteiger partial charge is 0 e. The first-order valence-corrected chi connectivity index (χ1v) is 0. The Kier molecular flexibility index (Phi) is 238. The average molecular weight is 257 g/mol. The monoisotopic (exact) mass is 256 g/mol. The third-order valence-electron chi connectivity index (χ3n) is 0. The van der Waals surface area contributed by atoms with Crippen molar-refractivity contribution in [1.29, 1.82) is 0 Å². The number of hydrogen-bond acceptors (Lipinski definition) is 0. The largest absolute Gasteiger partial charge is 0 e. The van der Waals surface area contributed by atoms with Crippen LogP contribution in [0.1, 0.15) is 0 Å². The second-order valence-electron chi connectivity index (χ2n) is 0. The first-order chi connectivity index (χ1) is 0. The van der Waals surface area contributed by atoms with Gasteiger partial charge in [-0.15, -0.1) is 0 Å². The summed E-state index contributed by atoms with van der Waals surface area (Å²) in [6, 6.07) is 0. The van der Waals surface area contributed by atoms with Crippen molar-refractivity contribution in [2.24, 2.45) is 0 Å². The fraction of sp³-hybridized carbons (Fsp3) is 0. The van der Waals surface area contributed by atoms with Gasteiger partial charge in [-0.05, 0) is 0 Å². The van der Waals surface area contributed by atoms with Crippen LogP contribution in [0, 0.1) is 0 Å². The Labute approximate surface area is 95.6 Å². The second kappa shape index (κ2) is 27.7. The molecule has 5 heavy (non-hydrogen) atoms. The SMILES string of the molecule is [Cu].[Fe].[Mn].[NaH].[Ni]. The molecule has 0 aliphatic carbocycles. The number of hydrogen-bond donors (Lipinski definition) is 0. The molecule has 0 bridgehead atoms. The summed E-state index contributed by atoms with van der Waals surface area (Å²) in [5.41, 5.74) is 0. The van der Waals surface area contributed by atoms with Crippen molar-refractivity contribution in [3.05, 3.63) is 0 Å². The van der Waals surface area contributed by atoms with Gasteiger partial charge in [0.25, 0.3) is 0 Å². The van der Waals surface area contributed by atoms with Crippen LogP contribution < -0.4 is 0 Å². The van der Waals surface area contributed by atoms with E-state index in [4.69, 9.17) is 0 Å². The first-order valence-electron chi connectivity index (χ1n) is 0. The topological polar surface area (TPSA) is 0 Å². The summed E-state index contributed by atoms with van der Waals surface area (Å²) in [7, 11) is 0. The summed E-state index contributed by atoms with van der Waals surface area (Å²) >= 11 is 0. The van der Waals surface area contributed by atoms with E-state index in [-0.39, 0.29) is 97.3 Å². The Morgan fingerprint density at radius 3 is 1.00 bits per heavy atom. The third-order valence-corrected chi connectivity index (χ3v) is 0. The molecule has 0 unspecified atom stereocenters. The molecule has 0 aliphatic rings. The molecule has 0 fully saturated rings. The van der Waals surface area contributed by atoms with Gasteiger partial charge in [0.2, 0.25) is 0 Å². The standard InChI is InChI=1S/Cu.Fe.Mn.Na.Ni.H. The van der Waals surface area contributed by atoms with Crippen molar-refractivity contribution in [2.75, 3.05) is 0 Å². The van der Waals surface area contributed by atoms with Crippen LogP contribution in [-0.4, -0.2) is 29.6 Å². The van der Waals surface area contributed by atoms with Gasteiger partial charge < -0.3 is 0 Å². The summed E-state index contributed by atoms with van der Waals surface area (Å²) in [4.78, 5) is 0. The van der Waals surface area contributed by atoms with E-state index >= 15 is 0 Å². The molecule has 0 saturated carbocycles. The van der Waals surface area contributed by atoms with Crippen LogP contribution in [0.3, 0.4) is 0 Å². The minimum absolute atomic E-state index is 0. The molecular formula is HCuFeMnNaNi. The van der Waals surface area contributed by atoms with E-state index in [1.54, 1.807) is 0 Å². The number of rotatable bonds is 0. The Bertz CT molecular complexity index is 11.6. The summed E-state index contributed by atoms with van der Waals surface area (Å²) in [5.74, 6) is 0. The molecule has 0 aromatic heterocycles. The first kappa shape index (κ1) is 43.0. The van der Waals surface area contributed by atoms with Crippen molar-refractivity contribution >= 4 is 29.6 Å². The molecule has 0 nitrogen and oxygen atoms in total. The minimum Gasteiger partial charge on any atom is 0 e. The maximum Gasteiger partial charge on any atom is 0 e. The van der Waals surface area contributed by atoms with Gasteiger partial charge in [-0.25, -0.2) is 0 Å². The molecule has 0 N–H and O–H groups in total.